The summed E-state index contributed by atoms with van der Waals surface area (Å²) in [6.07, 6.45) is -0.461. The molecule has 0 fully saturated rings. The van der Waals surface area contributed by atoms with Gasteiger partial charge in [-0.1, -0.05) is 11.8 Å². The van der Waals surface area contributed by atoms with Crippen molar-refractivity contribution in [3.8, 4) is 0 Å². The quantitative estimate of drug-likeness (QED) is 0.729. The summed E-state index contributed by atoms with van der Waals surface area (Å²) in [5, 5.41) is 9.85. The Balaban J connectivity index is 2.63. The number of aromatic nitrogens is 4. The van der Waals surface area contributed by atoms with Gasteiger partial charge in [0.25, 0.3) is 5.56 Å². The van der Waals surface area contributed by atoms with Gasteiger partial charge in [0, 0.05) is 19.8 Å². The molecule has 2 aromatic heterocycles. The van der Waals surface area contributed by atoms with Gasteiger partial charge >= 0.3 is 5.69 Å². The van der Waals surface area contributed by atoms with Crippen molar-refractivity contribution in [2.24, 2.45) is 14.1 Å². The van der Waals surface area contributed by atoms with Crippen LogP contribution < -0.4 is 11.2 Å². The van der Waals surface area contributed by atoms with Gasteiger partial charge in [-0.05, 0) is 6.92 Å². The molecule has 0 aliphatic heterocycles. The minimum absolute atomic E-state index is 0.347. The summed E-state index contributed by atoms with van der Waals surface area (Å²) < 4.78 is 2.92. The van der Waals surface area contributed by atoms with Crippen molar-refractivity contribution in [3.63, 3.8) is 0 Å². The lowest BCUT2D eigenvalue weighted by Crippen LogP contribution is -2.29. The van der Waals surface area contributed by atoms with E-state index < -0.39 is 17.4 Å². The lowest BCUT2D eigenvalue weighted by atomic mass is 10.5. The fourth-order valence-electron chi connectivity index (χ4n) is 1.61. The first-order chi connectivity index (χ1) is 8.41. The van der Waals surface area contributed by atoms with E-state index >= 15 is 0 Å². The molecule has 8 heteroatoms. The number of aliphatic hydroxyl groups is 1. The highest BCUT2D eigenvalue weighted by molar-refractivity contribution is 7.99. The molecule has 0 saturated carbocycles. The average Bonchev–Trinajstić information content (AvgIpc) is 2.61. The number of thioether (sulfide) groups is 1. The van der Waals surface area contributed by atoms with Crippen molar-refractivity contribution in [1.82, 2.24) is 19.1 Å². The van der Waals surface area contributed by atoms with E-state index in [1.54, 1.807) is 25.6 Å². The van der Waals surface area contributed by atoms with Crippen LogP contribution in [0.5, 0.6) is 0 Å². The monoisotopic (exact) mass is 270 g/mol. The molecular weight excluding hydrogens is 256 g/mol. The molecule has 0 amide bonds. The summed E-state index contributed by atoms with van der Waals surface area (Å²) in [6, 6.07) is 0. The lowest BCUT2D eigenvalue weighted by Gasteiger charge is -2.03. The van der Waals surface area contributed by atoms with Gasteiger partial charge in [0.2, 0.25) is 0 Å². The third kappa shape index (κ3) is 2.08. The molecule has 2 heterocycles. The number of aliphatic hydroxyl groups excluding tert-OH is 1. The second-order valence-corrected chi connectivity index (χ2v) is 5.09. The summed E-state index contributed by atoms with van der Waals surface area (Å²) in [4.78, 5) is 29.7. The molecular formula is C10H14N4O3S. The first-order valence-electron chi connectivity index (χ1n) is 5.38. The number of aryl methyl sites for hydroxylation is 2. The van der Waals surface area contributed by atoms with Gasteiger partial charge in [0.1, 0.15) is 0 Å². The van der Waals surface area contributed by atoms with E-state index in [2.05, 4.69) is 9.97 Å². The maximum absolute atomic E-state index is 11.7. The fraction of sp³-hybridized carbons (Fsp3) is 0.500. The Morgan fingerprint density at radius 1 is 1.39 bits per heavy atom. The van der Waals surface area contributed by atoms with E-state index in [-0.39, 0.29) is 0 Å². The Kier molecular flexibility index (Phi) is 3.31. The second kappa shape index (κ2) is 4.62. The molecule has 98 valence electrons. The van der Waals surface area contributed by atoms with Gasteiger partial charge in [-0.3, -0.25) is 14.3 Å². The highest BCUT2D eigenvalue weighted by Crippen LogP contribution is 2.20. The van der Waals surface area contributed by atoms with Crippen LogP contribution in [0.3, 0.4) is 0 Å². The molecule has 0 aliphatic rings. The molecule has 2 N–H and O–H groups in total. The standard InChI is InChI=1S/C10H14N4O3S/c1-5(15)4-18-10-11-7-6(13(10)2)8(16)12-9(17)14(7)3/h5,15H,4H2,1-3H3,(H,12,16,17)/t5-/m1/s1. The molecule has 0 bridgehead atoms. The average molecular weight is 270 g/mol. The highest BCUT2D eigenvalue weighted by atomic mass is 32.2. The van der Waals surface area contributed by atoms with Crippen LogP contribution in [0.15, 0.2) is 14.7 Å². The predicted molar refractivity (Wildman–Crippen MR) is 69.0 cm³/mol. The second-order valence-electron chi connectivity index (χ2n) is 4.10. The number of imidazole rings is 1. The molecule has 0 spiro atoms. The Bertz CT molecular complexity index is 697. The number of nitrogens with one attached hydrogen (secondary N) is 1. The fourth-order valence-corrected chi connectivity index (χ4v) is 2.44. The van der Waals surface area contributed by atoms with Crippen molar-refractivity contribution >= 4 is 22.9 Å². The summed E-state index contributed by atoms with van der Waals surface area (Å²) in [6.45, 7) is 1.68. The molecule has 18 heavy (non-hydrogen) atoms. The van der Waals surface area contributed by atoms with Crippen LogP contribution >= 0.6 is 11.8 Å². The first kappa shape index (κ1) is 12.9. The van der Waals surface area contributed by atoms with Crippen molar-refractivity contribution in [3.05, 3.63) is 20.8 Å². The summed E-state index contributed by atoms with van der Waals surface area (Å²) in [7, 11) is 3.26. The van der Waals surface area contributed by atoms with Crippen LogP contribution in [0, 0.1) is 0 Å². The largest absolute Gasteiger partial charge is 0.393 e. The van der Waals surface area contributed by atoms with Crippen LogP contribution in [0.4, 0.5) is 0 Å². The number of hydrogen-bond donors (Lipinski definition) is 2. The van der Waals surface area contributed by atoms with Gasteiger partial charge in [-0.15, -0.1) is 0 Å². The topological polar surface area (TPSA) is 92.9 Å². The minimum Gasteiger partial charge on any atom is -0.393 e. The third-order valence-electron chi connectivity index (χ3n) is 2.55. The zero-order valence-electron chi connectivity index (χ0n) is 10.3. The number of fused-ring (bicyclic) bond motifs is 1. The number of nitrogens with zero attached hydrogens (tertiary/aromatic N) is 3. The Morgan fingerprint density at radius 3 is 2.67 bits per heavy atom. The van der Waals surface area contributed by atoms with Crippen LogP contribution in [-0.2, 0) is 14.1 Å². The molecule has 1 atom stereocenters. The third-order valence-corrected chi connectivity index (χ3v) is 3.82. The predicted octanol–water partition coefficient (Wildman–Crippen LogP) is -0.567. The maximum atomic E-state index is 11.7. The maximum Gasteiger partial charge on any atom is 0.329 e. The normalized spacial score (nSPS) is 13.1. The summed E-state index contributed by atoms with van der Waals surface area (Å²) in [5.74, 6) is 0.475. The SMILES string of the molecule is C[C@@H](O)CSc1nc2c(c(=O)[nH]c(=O)n2C)n1C. The molecule has 2 rings (SSSR count). The van der Waals surface area contributed by atoms with Crippen LogP contribution in [-0.4, -0.2) is 36.1 Å². The molecule has 7 nitrogen and oxygen atoms in total. The van der Waals surface area contributed by atoms with E-state index in [4.69, 9.17) is 0 Å². The molecule has 0 aromatic carbocycles. The molecule has 0 radical (unpaired) electrons. The van der Waals surface area contributed by atoms with Crippen LogP contribution in [0.25, 0.3) is 11.2 Å². The number of aromatic amines is 1. The van der Waals surface area contributed by atoms with Crippen molar-refractivity contribution in [1.29, 1.82) is 0 Å². The summed E-state index contributed by atoms with van der Waals surface area (Å²) >= 11 is 1.34. The van der Waals surface area contributed by atoms with Gasteiger partial charge < -0.3 is 9.67 Å². The van der Waals surface area contributed by atoms with Crippen molar-refractivity contribution in [2.45, 2.75) is 18.2 Å². The zero-order valence-corrected chi connectivity index (χ0v) is 11.1. The van der Waals surface area contributed by atoms with Gasteiger partial charge in [-0.2, -0.15) is 0 Å². The number of H-pyrrole nitrogens is 1. The van der Waals surface area contributed by atoms with E-state index in [9.17, 15) is 14.7 Å². The van der Waals surface area contributed by atoms with Crippen LogP contribution in [0.2, 0.25) is 0 Å². The molecule has 2 aromatic rings. The minimum atomic E-state index is -0.488. The molecule has 0 aliphatic carbocycles. The smallest absolute Gasteiger partial charge is 0.329 e. The lowest BCUT2D eigenvalue weighted by molar-refractivity contribution is 0.220. The van der Waals surface area contributed by atoms with E-state index in [1.807, 2.05) is 0 Å². The Hall–Kier alpha value is -1.54. The van der Waals surface area contributed by atoms with Gasteiger partial charge in [0.15, 0.2) is 16.3 Å². The molecule has 0 unspecified atom stereocenters. The Labute approximate surface area is 106 Å². The van der Waals surface area contributed by atoms with Crippen molar-refractivity contribution in [2.75, 3.05) is 5.75 Å². The van der Waals surface area contributed by atoms with Crippen molar-refractivity contribution < 1.29 is 5.11 Å². The van der Waals surface area contributed by atoms with Crippen LogP contribution in [0.1, 0.15) is 6.92 Å². The zero-order chi connectivity index (χ0) is 13.4. The van der Waals surface area contributed by atoms with Gasteiger partial charge in [0.05, 0.1) is 6.10 Å². The molecule has 0 saturated heterocycles. The number of hydrogen-bond acceptors (Lipinski definition) is 5. The highest BCUT2D eigenvalue weighted by Gasteiger charge is 2.15. The van der Waals surface area contributed by atoms with E-state index in [1.165, 1.54) is 16.3 Å². The van der Waals surface area contributed by atoms with E-state index in [0.717, 1.165) is 0 Å². The number of rotatable bonds is 3. The first-order valence-corrected chi connectivity index (χ1v) is 6.37. The Morgan fingerprint density at radius 2 is 2.06 bits per heavy atom. The van der Waals surface area contributed by atoms with Gasteiger partial charge in [-0.25, -0.2) is 9.78 Å². The summed E-state index contributed by atoms with van der Waals surface area (Å²) in [5.41, 5.74) is -0.241. The van der Waals surface area contributed by atoms with E-state index in [0.29, 0.717) is 22.1 Å².